The van der Waals surface area contributed by atoms with Gasteiger partial charge in [-0.05, 0) is 51.0 Å². The van der Waals surface area contributed by atoms with Gasteiger partial charge in [-0.2, -0.15) is 5.10 Å². The van der Waals surface area contributed by atoms with Gasteiger partial charge < -0.3 is 14.5 Å². The second-order valence-corrected chi connectivity index (χ2v) is 9.04. The monoisotopic (exact) mass is 424 g/mol. The molecule has 166 valence electrons. The van der Waals surface area contributed by atoms with Crippen LogP contribution in [0.25, 0.3) is 11.3 Å². The van der Waals surface area contributed by atoms with Crippen LogP contribution in [0.2, 0.25) is 0 Å². The fourth-order valence-corrected chi connectivity index (χ4v) is 5.47. The number of anilines is 1. The summed E-state index contributed by atoms with van der Waals surface area (Å²) in [6, 6.07) is 1.97. The summed E-state index contributed by atoms with van der Waals surface area (Å²) >= 11 is 0. The highest BCUT2D eigenvalue weighted by Crippen LogP contribution is 2.39. The molecular weight excluding hydrogens is 392 g/mol. The minimum atomic E-state index is 0.0260. The maximum absolute atomic E-state index is 13.4. The number of aromatic amines is 1. The smallest absolute Gasteiger partial charge is 0.226 e. The van der Waals surface area contributed by atoms with Crippen molar-refractivity contribution in [3.8, 4) is 11.3 Å². The van der Waals surface area contributed by atoms with E-state index < -0.39 is 0 Å². The summed E-state index contributed by atoms with van der Waals surface area (Å²) in [6.07, 6.45) is 12.1. The van der Waals surface area contributed by atoms with E-state index in [2.05, 4.69) is 25.0 Å². The van der Waals surface area contributed by atoms with Crippen LogP contribution < -0.4 is 4.90 Å². The van der Waals surface area contributed by atoms with Crippen LogP contribution in [-0.4, -0.2) is 63.8 Å². The molecule has 1 N–H and O–H groups in total. The van der Waals surface area contributed by atoms with Crippen molar-refractivity contribution in [1.82, 2.24) is 25.1 Å². The molecule has 2 aromatic heterocycles. The van der Waals surface area contributed by atoms with Gasteiger partial charge in [0.25, 0.3) is 0 Å². The van der Waals surface area contributed by atoms with E-state index in [1.807, 2.05) is 18.5 Å². The van der Waals surface area contributed by atoms with Crippen LogP contribution in [0.4, 0.5) is 5.95 Å². The van der Waals surface area contributed by atoms with E-state index >= 15 is 0 Å². The topological polar surface area (TPSA) is 87.2 Å². The summed E-state index contributed by atoms with van der Waals surface area (Å²) in [4.78, 5) is 27.1. The summed E-state index contributed by atoms with van der Waals surface area (Å²) < 4.78 is 5.56. The number of ether oxygens (including phenoxy) is 1. The van der Waals surface area contributed by atoms with Gasteiger partial charge in [-0.3, -0.25) is 9.89 Å². The molecule has 8 heteroatoms. The van der Waals surface area contributed by atoms with Crippen molar-refractivity contribution in [2.24, 2.45) is 5.92 Å². The maximum Gasteiger partial charge on any atom is 0.226 e. The van der Waals surface area contributed by atoms with Gasteiger partial charge >= 0.3 is 0 Å². The van der Waals surface area contributed by atoms with Crippen molar-refractivity contribution in [1.29, 1.82) is 0 Å². The lowest BCUT2D eigenvalue weighted by atomic mass is 9.86. The first-order chi connectivity index (χ1) is 15.2. The van der Waals surface area contributed by atoms with Gasteiger partial charge in [0.15, 0.2) is 0 Å². The Morgan fingerprint density at radius 1 is 1.13 bits per heavy atom. The molecule has 2 aliphatic heterocycles. The van der Waals surface area contributed by atoms with Crippen LogP contribution in [0.5, 0.6) is 0 Å². The summed E-state index contributed by atoms with van der Waals surface area (Å²) in [5, 5.41) is 7.55. The molecule has 3 aliphatic rings. The number of carbonyl (C=O) groups is 1. The van der Waals surface area contributed by atoms with E-state index in [-0.39, 0.29) is 24.0 Å². The van der Waals surface area contributed by atoms with Crippen molar-refractivity contribution < 1.29 is 9.53 Å². The summed E-state index contributed by atoms with van der Waals surface area (Å²) in [5.74, 6) is 1.12. The molecule has 1 amide bonds. The van der Waals surface area contributed by atoms with Crippen molar-refractivity contribution >= 4 is 11.9 Å². The van der Waals surface area contributed by atoms with Crippen molar-refractivity contribution in [2.75, 3.05) is 31.6 Å². The average Bonchev–Trinajstić information content (AvgIpc) is 3.59. The SMILES string of the molecule is CO[C@@H]1CCC[C@@H](C(=O)N2CCC[C@H]2c2[nH]ncc2-c2ccnc(N3CCCC3)n2)C1. The quantitative estimate of drug-likeness (QED) is 0.792. The molecule has 2 saturated heterocycles. The van der Waals surface area contributed by atoms with Crippen LogP contribution >= 0.6 is 0 Å². The zero-order valence-electron chi connectivity index (χ0n) is 18.3. The number of nitrogens with one attached hydrogen (secondary N) is 1. The second kappa shape index (κ2) is 8.94. The highest BCUT2D eigenvalue weighted by Gasteiger charge is 2.38. The number of methoxy groups -OCH3 is 1. The zero-order chi connectivity index (χ0) is 21.2. The number of likely N-dealkylation sites (tertiary alicyclic amines) is 1. The number of carbonyl (C=O) groups excluding carboxylic acids is 1. The molecule has 0 radical (unpaired) electrons. The number of hydrogen-bond donors (Lipinski definition) is 1. The predicted octanol–water partition coefficient (Wildman–Crippen LogP) is 3.34. The molecule has 1 aliphatic carbocycles. The third-order valence-electron chi connectivity index (χ3n) is 7.15. The molecule has 3 fully saturated rings. The molecule has 0 spiro atoms. The maximum atomic E-state index is 13.4. The summed E-state index contributed by atoms with van der Waals surface area (Å²) in [7, 11) is 1.76. The lowest BCUT2D eigenvalue weighted by Crippen LogP contribution is -2.39. The lowest BCUT2D eigenvalue weighted by Gasteiger charge is -2.33. The van der Waals surface area contributed by atoms with Crippen LogP contribution in [0.1, 0.15) is 63.1 Å². The van der Waals surface area contributed by atoms with Crippen molar-refractivity contribution in [3.05, 3.63) is 24.2 Å². The highest BCUT2D eigenvalue weighted by atomic mass is 16.5. The first-order valence-electron chi connectivity index (χ1n) is 11.7. The Hall–Kier alpha value is -2.48. The molecule has 0 unspecified atom stereocenters. The first kappa shape index (κ1) is 20.4. The fraction of sp³-hybridized carbons (Fsp3) is 0.652. The van der Waals surface area contributed by atoms with E-state index in [4.69, 9.17) is 9.72 Å². The van der Waals surface area contributed by atoms with E-state index in [1.165, 1.54) is 12.8 Å². The molecule has 1 saturated carbocycles. The molecule has 5 rings (SSSR count). The van der Waals surface area contributed by atoms with Gasteiger partial charge in [-0.25, -0.2) is 9.97 Å². The molecule has 2 aromatic rings. The van der Waals surface area contributed by atoms with Gasteiger partial charge in [0.2, 0.25) is 11.9 Å². The largest absolute Gasteiger partial charge is 0.381 e. The Labute approximate surface area is 183 Å². The minimum absolute atomic E-state index is 0.0260. The Kier molecular flexibility index (Phi) is 5.89. The van der Waals surface area contributed by atoms with Gasteiger partial charge in [-0.15, -0.1) is 0 Å². The molecule has 3 atom stereocenters. The Bertz CT molecular complexity index is 909. The number of amides is 1. The standard InChI is InChI=1S/C23H32N6O2/c1-31-17-7-4-6-16(14-17)22(30)29-13-5-8-20(29)21-18(15-25-27-21)19-9-10-24-23(26-19)28-11-2-3-12-28/h9-10,15-17,20H,2-8,11-14H2,1H3,(H,25,27)/t16-,17-,20+/m1/s1. The lowest BCUT2D eigenvalue weighted by molar-refractivity contribution is -0.139. The third-order valence-corrected chi connectivity index (χ3v) is 7.15. The van der Waals surface area contributed by atoms with Crippen molar-refractivity contribution in [2.45, 2.75) is 63.5 Å². The average molecular weight is 425 g/mol. The minimum Gasteiger partial charge on any atom is -0.381 e. The predicted molar refractivity (Wildman–Crippen MR) is 118 cm³/mol. The normalized spacial score (nSPS) is 26.5. The van der Waals surface area contributed by atoms with E-state index in [9.17, 15) is 4.79 Å². The number of H-pyrrole nitrogens is 1. The Morgan fingerprint density at radius 3 is 2.84 bits per heavy atom. The van der Waals surface area contributed by atoms with Crippen molar-refractivity contribution in [3.63, 3.8) is 0 Å². The summed E-state index contributed by atoms with van der Waals surface area (Å²) in [6.45, 7) is 2.83. The van der Waals surface area contributed by atoms with Gasteiger partial charge in [-0.1, -0.05) is 6.42 Å². The number of rotatable bonds is 5. The Morgan fingerprint density at radius 2 is 2.00 bits per heavy atom. The molecule has 0 bridgehead atoms. The molecule has 8 nitrogen and oxygen atoms in total. The van der Waals surface area contributed by atoms with Crippen LogP contribution in [0, 0.1) is 5.92 Å². The van der Waals surface area contributed by atoms with E-state index in [0.29, 0.717) is 0 Å². The van der Waals surface area contributed by atoms with Crippen LogP contribution in [-0.2, 0) is 9.53 Å². The number of aromatic nitrogens is 4. The van der Waals surface area contributed by atoms with Gasteiger partial charge in [0.1, 0.15) is 0 Å². The van der Waals surface area contributed by atoms with Gasteiger partial charge in [0, 0.05) is 44.4 Å². The third kappa shape index (κ3) is 4.05. The molecule has 31 heavy (non-hydrogen) atoms. The van der Waals surface area contributed by atoms with E-state index in [0.717, 1.165) is 81.1 Å². The van der Waals surface area contributed by atoms with Crippen LogP contribution in [0.15, 0.2) is 18.5 Å². The van der Waals surface area contributed by atoms with E-state index in [1.54, 1.807) is 7.11 Å². The highest BCUT2D eigenvalue weighted by molar-refractivity contribution is 5.80. The molecular formula is C23H32N6O2. The zero-order valence-corrected chi connectivity index (χ0v) is 18.3. The number of nitrogens with zero attached hydrogens (tertiary/aromatic N) is 5. The second-order valence-electron chi connectivity index (χ2n) is 9.04. The first-order valence-corrected chi connectivity index (χ1v) is 11.7. The van der Waals surface area contributed by atoms with Gasteiger partial charge in [0.05, 0.1) is 29.7 Å². The fourth-order valence-electron chi connectivity index (χ4n) is 5.47. The number of hydrogen-bond acceptors (Lipinski definition) is 6. The van der Waals surface area contributed by atoms with Crippen LogP contribution in [0.3, 0.4) is 0 Å². The summed E-state index contributed by atoms with van der Waals surface area (Å²) in [5.41, 5.74) is 2.85. The molecule has 0 aromatic carbocycles. The Balaban J connectivity index is 1.38. The molecule has 4 heterocycles.